The van der Waals surface area contributed by atoms with Crippen LogP contribution in [0.3, 0.4) is 0 Å². The van der Waals surface area contributed by atoms with Crippen LogP contribution in [0.1, 0.15) is 26.7 Å². The van der Waals surface area contributed by atoms with Gasteiger partial charge in [0.25, 0.3) is 0 Å². The highest BCUT2D eigenvalue weighted by molar-refractivity contribution is 5.93. The molecular weight excluding hydrogens is 148 g/mol. The van der Waals surface area contributed by atoms with Crippen LogP contribution in [-0.4, -0.2) is 5.78 Å². The lowest BCUT2D eigenvalue weighted by Gasteiger charge is -2.27. The topological polar surface area (TPSA) is 17.1 Å². The molecule has 2 aliphatic carbocycles. The Hall–Kier alpha value is -0.590. The van der Waals surface area contributed by atoms with Crippen molar-refractivity contribution >= 4 is 5.78 Å². The van der Waals surface area contributed by atoms with E-state index in [-0.39, 0.29) is 0 Å². The molecule has 0 spiro atoms. The second-order valence-electron chi connectivity index (χ2n) is 4.36. The molecule has 0 radical (unpaired) electrons. The van der Waals surface area contributed by atoms with Crippen molar-refractivity contribution in [3.63, 3.8) is 0 Å². The summed E-state index contributed by atoms with van der Waals surface area (Å²) in [5, 5.41) is 0. The molecule has 0 amide bonds. The van der Waals surface area contributed by atoms with Crippen LogP contribution in [0.4, 0.5) is 0 Å². The van der Waals surface area contributed by atoms with E-state index < -0.39 is 0 Å². The molecule has 2 aliphatic rings. The number of hydrogen-bond acceptors (Lipinski definition) is 1. The van der Waals surface area contributed by atoms with Crippen molar-refractivity contribution < 1.29 is 4.79 Å². The number of carbonyl (C=O) groups is 1. The van der Waals surface area contributed by atoms with Crippen LogP contribution >= 0.6 is 0 Å². The molecule has 0 aromatic rings. The fourth-order valence-electron chi connectivity index (χ4n) is 2.82. The number of rotatable bonds is 0. The van der Waals surface area contributed by atoms with Crippen LogP contribution in [0.25, 0.3) is 0 Å². The van der Waals surface area contributed by atoms with E-state index in [1.54, 1.807) is 6.08 Å². The average Bonchev–Trinajstić information content (AvgIpc) is 2.42. The van der Waals surface area contributed by atoms with Crippen LogP contribution < -0.4 is 0 Å². The van der Waals surface area contributed by atoms with Crippen molar-refractivity contribution in [1.82, 2.24) is 0 Å². The standard InChI is InChI=1S/C11H16O/c1-7-4-6-10(12)11-8(2)3-5-9(7)11/h4,6-9,11H,3,5H2,1-2H3/t7-,8-,9?,11?/m0/s1. The van der Waals surface area contributed by atoms with E-state index in [4.69, 9.17) is 0 Å². The third-order valence-corrected chi connectivity index (χ3v) is 3.60. The van der Waals surface area contributed by atoms with Gasteiger partial charge in [-0.2, -0.15) is 0 Å². The number of carbonyl (C=O) groups excluding carboxylic acids is 1. The number of fused-ring (bicyclic) bond motifs is 1. The molecule has 66 valence electrons. The first kappa shape index (κ1) is 8.03. The molecule has 0 aromatic heterocycles. The molecule has 1 heteroatoms. The first-order chi connectivity index (χ1) is 5.70. The van der Waals surface area contributed by atoms with Gasteiger partial charge in [0.15, 0.2) is 5.78 Å². The number of ketones is 1. The number of allylic oxidation sites excluding steroid dienone is 2. The van der Waals surface area contributed by atoms with E-state index in [2.05, 4.69) is 19.9 Å². The van der Waals surface area contributed by atoms with Crippen molar-refractivity contribution in [1.29, 1.82) is 0 Å². The van der Waals surface area contributed by atoms with Gasteiger partial charge in [-0.15, -0.1) is 0 Å². The summed E-state index contributed by atoms with van der Waals surface area (Å²) in [7, 11) is 0. The predicted molar refractivity (Wildman–Crippen MR) is 48.7 cm³/mol. The Morgan fingerprint density at radius 1 is 1.33 bits per heavy atom. The Morgan fingerprint density at radius 2 is 2.08 bits per heavy atom. The molecule has 2 rings (SSSR count). The molecule has 4 atom stereocenters. The minimum atomic E-state index is 0.352. The van der Waals surface area contributed by atoms with Crippen molar-refractivity contribution in [3.8, 4) is 0 Å². The van der Waals surface area contributed by atoms with Crippen LogP contribution in [0.5, 0.6) is 0 Å². The molecule has 1 nitrogen and oxygen atoms in total. The van der Waals surface area contributed by atoms with Gasteiger partial charge in [-0.1, -0.05) is 19.9 Å². The fraction of sp³-hybridized carbons (Fsp3) is 0.727. The van der Waals surface area contributed by atoms with E-state index in [1.165, 1.54) is 12.8 Å². The molecule has 0 heterocycles. The maximum Gasteiger partial charge on any atom is 0.159 e. The van der Waals surface area contributed by atoms with Gasteiger partial charge in [-0.3, -0.25) is 4.79 Å². The molecule has 2 unspecified atom stereocenters. The molecule has 1 saturated carbocycles. The predicted octanol–water partition coefficient (Wildman–Crippen LogP) is 2.42. The Balaban J connectivity index is 2.28. The summed E-state index contributed by atoms with van der Waals surface area (Å²) < 4.78 is 0. The summed E-state index contributed by atoms with van der Waals surface area (Å²) in [5.74, 6) is 2.62. The van der Waals surface area contributed by atoms with Gasteiger partial charge in [0.1, 0.15) is 0 Å². The summed E-state index contributed by atoms with van der Waals surface area (Å²) >= 11 is 0. The largest absolute Gasteiger partial charge is 0.295 e. The molecular formula is C11H16O. The summed E-state index contributed by atoms with van der Waals surface area (Å²) in [6, 6.07) is 0. The third-order valence-electron chi connectivity index (χ3n) is 3.60. The maximum absolute atomic E-state index is 11.5. The molecule has 0 N–H and O–H groups in total. The van der Waals surface area contributed by atoms with Crippen molar-refractivity contribution in [2.75, 3.05) is 0 Å². The SMILES string of the molecule is C[C@H]1C=CC(=O)C2C1CC[C@@H]2C. The van der Waals surface area contributed by atoms with Crippen LogP contribution in [0.2, 0.25) is 0 Å². The molecule has 0 aromatic carbocycles. The highest BCUT2D eigenvalue weighted by atomic mass is 16.1. The van der Waals surface area contributed by atoms with Gasteiger partial charge in [-0.05, 0) is 36.7 Å². The lowest BCUT2D eigenvalue weighted by Crippen LogP contribution is -2.29. The van der Waals surface area contributed by atoms with Gasteiger partial charge in [0.2, 0.25) is 0 Å². The molecule has 0 saturated heterocycles. The monoisotopic (exact) mass is 164 g/mol. The summed E-state index contributed by atoms with van der Waals surface area (Å²) in [5.41, 5.74) is 0. The van der Waals surface area contributed by atoms with Gasteiger partial charge in [0.05, 0.1) is 0 Å². The first-order valence-corrected chi connectivity index (χ1v) is 4.92. The zero-order chi connectivity index (χ0) is 8.72. The maximum atomic E-state index is 11.5. The minimum absolute atomic E-state index is 0.352. The molecule has 1 fully saturated rings. The summed E-state index contributed by atoms with van der Waals surface area (Å²) in [6.07, 6.45) is 6.38. The third kappa shape index (κ3) is 1.03. The van der Waals surface area contributed by atoms with Gasteiger partial charge in [-0.25, -0.2) is 0 Å². The highest BCUT2D eigenvalue weighted by Gasteiger charge is 2.41. The Bertz CT molecular complexity index is 229. The zero-order valence-corrected chi connectivity index (χ0v) is 7.79. The Labute approximate surface area is 73.8 Å². The lowest BCUT2D eigenvalue weighted by atomic mass is 9.76. The van der Waals surface area contributed by atoms with Crippen LogP contribution in [-0.2, 0) is 4.79 Å². The van der Waals surface area contributed by atoms with E-state index in [0.717, 1.165) is 0 Å². The normalized spacial score (nSPS) is 46.3. The molecule has 12 heavy (non-hydrogen) atoms. The van der Waals surface area contributed by atoms with Crippen molar-refractivity contribution in [2.24, 2.45) is 23.7 Å². The van der Waals surface area contributed by atoms with Gasteiger partial charge < -0.3 is 0 Å². The van der Waals surface area contributed by atoms with Crippen LogP contribution in [0, 0.1) is 23.7 Å². The highest BCUT2D eigenvalue weighted by Crippen LogP contribution is 2.44. The van der Waals surface area contributed by atoms with Gasteiger partial charge in [0, 0.05) is 5.92 Å². The quantitative estimate of drug-likeness (QED) is 0.537. The summed E-state index contributed by atoms with van der Waals surface area (Å²) in [6.45, 7) is 4.45. The average molecular weight is 164 g/mol. The Kier molecular flexibility index (Phi) is 1.82. The van der Waals surface area contributed by atoms with E-state index in [0.29, 0.717) is 29.5 Å². The van der Waals surface area contributed by atoms with E-state index in [9.17, 15) is 4.79 Å². The zero-order valence-electron chi connectivity index (χ0n) is 7.79. The smallest absolute Gasteiger partial charge is 0.159 e. The fourth-order valence-corrected chi connectivity index (χ4v) is 2.82. The lowest BCUT2D eigenvalue weighted by molar-refractivity contribution is -0.121. The van der Waals surface area contributed by atoms with E-state index >= 15 is 0 Å². The second kappa shape index (κ2) is 2.72. The summed E-state index contributed by atoms with van der Waals surface area (Å²) in [4.78, 5) is 11.5. The molecule has 0 aliphatic heterocycles. The van der Waals surface area contributed by atoms with Gasteiger partial charge >= 0.3 is 0 Å². The number of hydrogen-bond donors (Lipinski definition) is 0. The minimum Gasteiger partial charge on any atom is -0.295 e. The van der Waals surface area contributed by atoms with E-state index in [1.807, 2.05) is 0 Å². The van der Waals surface area contributed by atoms with Crippen molar-refractivity contribution in [3.05, 3.63) is 12.2 Å². The molecule has 0 bridgehead atoms. The van der Waals surface area contributed by atoms with Crippen LogP contribution in [0.15, 0.2) is 12.2 Å². The first-order valence-electron chi connectivity index (χ1n) is 4.92. The second-order valence-corrected chi connectivity index (χ2v) is 4.36. The van der Waals surface area contributed by atoms with Crippen molar-refractivity contribution in [2.45, 2.75) is 26.7 Å². The Morgan fingerprint density at radius 3 is 2.75 bits per heavy atom.